The van der Waals surface area contributed by atoms with Crippen molar-refractivity contribution >= 4 is 23.3 Å². The van der Waals surface area contributed by atoms with Gasteiger partial charge in [0.2, 0.25) is 5.96 Å². The highest BCUT2D eigenvalue weighted by atomic mass is 16.5. The molecule has 10 nitrogen and oxygen atoms in total. The molecule has 0 amide bonds. The summed E-state index contributed by atoms with van der Waals surface area (Å²) >= 11 is 0. The molecule has 1 aromatic heterocycles. The summed E-state index contributed by atoms with van der Waals surface area (Å²) in [5.41, 5.74) is 13.8. The van der Waals surface area contributed by atoms with Crippen molar-refractivity contribution in [1.82, 2.24) is 15.2 Å². The summed E-state index contributed by atoms with van der Waals surface area (Å²) in [5, 5.41) is 24.1. The molecule has 2 aliphatic heterocycles. The minimum atomic E-state index is -0.636. The number of nitriles is 2. The van der Waals surface area contributed by atoms with Gasteiger partial charge in [-0.1, -0.05) is 25.1 Å². The predicted octanol–water partition coefficient (Wildman–Crippen LogP) is 2.17. The first-order valence-corrected chi connectivity index (χ1v) is 10.9. The number of benzene rings is 1. The molecule has 0 bridgehead atoms. The van der Waals surface area contributed by atoms with Gasteiger partial charge >= 0.3 is 0 Å². The molecule has 33 heavy (non-hydrogen) atoms. The summed E-state index contributed by atoms with van der Waals surface area (Å²) in [5.74, 6) is 1.94. The summed E-state index contributed by atoms with van der Waals surface area (Å²) in [6.45, 7) is 5.83. The second kappa shape index (κ2) is 9.63. The second-order valence-electron chi connectivity index (χ2n) is 8.34. The van der Waals surface area contributed by atoms with E-state index in [9.17, 15) is 5.26 Å². The third-order valence-electron chi connectivity index (χ3n) is 5.98. The fourth-order valence-electron chi connectivity index (χ4n) is 4.42. The molecule has 0 saturated carbocycles. The first-order chi connectivity index (χ1) is 16.0. The Morgan fingerprint density at radius 3 is 2.88 bits per heavy atom. The van der Waals surface area contributed by atoms with E-state index in [2.05, 4.69) is 32.4 Å². The number of nitrogen functional groups attached to an aromatic ring is 2. The van der Waals surface area contributed by atoms with Crippen LogP contribution in [0.25, 0.3) is 0 Å². The number of nitrogens with one attached hydrogen (secondary N) is 2. The van der Waals surface area contributed by atoms with Gasteiger partial charge in [0.1, 0.15) is 41.7 Å². The molecule has 0 aliphatic carbocycles. The van der Waals surface area contributed by atoms with E-state index < -0.39 is 6.04 Å². The van der Waals surface area contributed by atoms with Crippen LogP contribution in [0, 0.1) is 28.7 Å². The number of likely N-dealkylation sites (tertiary alicyclic amines) is 1. The minimum absolute atomic E-state index is 0.0125. The largest absolute Gasteiger partial charge is 0.492 e. The molecule has 2 aliphatic rings. The standard InChI is InChI=1S/C23H27N9O/c1-14-5-4-8-32(12-14)9-10-33-17-7-3-2-6-15(17)20-18-19(26)16(11-24)21(27)30-22(18)31-23(29-20)28-13-25/h2-3,6-7,14,20H,4-5,8-10,12H2,1H3,(H6,26,27,28,29,30,31). The number of pyridine rings is 1. The molecule has 0 radical (unpaired) electrons. The first-order valence-electron chi connectivity index (χ1n) is 10.9. The van der Waals surface area contributed by atoms with Crippen LogP contribution in [0.3, 0.4) is 0 Å². The second-order valence-corrected chi connectivity index (χ2v) is 8.34. The van der Waals surface area contributed by atoms with Gasteiger partial charge < -0.3 is 21.5 Å². The lowest BCUT2D eigenvalue weighted by Gasteiger charge is -2.31. The number of aliphatic imine (C=N–C) groups is 1. The van der Waals surface area contributed by atoms with Crippen LogP contribution >= 0.6 is 0 Å². The highest BCUT2D eigenvalue weighted by molar-refractivity contribution is 5.98. The summed E-state index contributed by atoms with van der Waals surface area (Å²) in [6.07, 6.45) is 4.34. The molecular formula is C23H27N9O. The van der Waals surface area contributed by atoms with Crippen LogP contribution in [-0.2, 0) is 0 Å². The maximum Gasteiger partial charge on any atom is 0.211 e. The Bertz CT molecular complexity index is 1150. The molecular weight excluding hydrogens is 418 g/mol. The number of anilines is 3. The average molecular weight is 446 g/mol. The molecule has 0 spiro atoms. The summed E-state index contributed by atoms with van der Waals surface area (Å²) in [4.78, 5) is 11.4. The molecule has 1 aromatic carbocycles. The van der Waals surface area contributed by atoms with Gasteiger partial charge in [-0.3, -0.25) is 10.2 Å². The molecule has 2 atom stereocenters. The van der Waals surface area contributed by atoms with E-state index in [0.29, 0.717) is 29.7 Å². The Hall–Kier alpha value is -4.02. The zero-order valence-corrected chi connectivity index (χ0v) is 18.5. The molecule has 2 aromatic rings. The van der Waals surface area contributed by atoms with E-state index in [1.807, 2.05) is 36.5 Å². The third kappa shape index (κ3) is 4.61. The lowest BCUT2D eigenvalue weighted by molar-refractivity contribution is 0.153. The van der Waals surface area contributed by atoms with Gasteiger partial charge in [0.05, 0.1) is 5.69 Å². The van der Waals surface area contributed by atoms with E-state index in [0.717, 1.165) is 25.2 Å². The minimum Gasteiger partial charge on any atom is -0.492 e. The number of hydrogen-bond donors (Lipinski definition) is 4. The van der Waals surface area contributed by atoms with E-state index >= 15 is 0 Å². The summed E-state index contributed by atoms with van der Waals surface area (Å²) < 4.78 is 6.19. The summed E-state index contributed by atoms with van der Waals surface area (Å²) in [6, 6.07) is 8.94. The zero-order valence-electron chi connectivity index (χ0n) is 18.5. The molecule has 1 saturated heterocycles. The van der Waals surface area contributed by atoms with Crippen LogP contribution in [0.15, 0.2) is 29.3 Å². The van der Waals surface area contributed by atoms with Crippen LogP contribution in [0.2, 0.25) is 0 Å². The van der Waals surface area contributed by atoms with Crippen molar-refractivity contribution in [1.29, 1.82) is 10.5 Å². The van der Waals surface area contributed by atoms with Crippen molar-refractivity contribution in [2.75, 3.05) is 43.0 Å². The molecule has 6 N–H and O–H groups in total. The quantitative estimate of drug-likeness (QED) is 0.399. The lowest BCUT2D eigenvalue weighted by atomic mass is 9.94. The number of nitrogens with two attached hydrogens (primary N) is 2. The van der Waals surface area contributed by atoms with Crippen LogP contribution in [0.4, 0.5) is 17.3 Å². The number of nitrogens with zero attached hydrogens (tertiary/aromatic N) is 5. The highest BCUT2D eigenvalue weighted by Gasteiger charge is 2.31. The van der Waals surface area contributed by atoms with Crippen molar-refractivity contribution in [3.63, 3.8) is 0 Å². The zero-order chi connectivity index (χ0) is 23.4. The number of piperidine rings is 1. The Labute approximate surface area is 192 Å². The number of para-hydroxylation sites is 1. The van der Waals surface area contributed by atoms with E-state index in [-0.39, 0.29) is 23.0 Å². The van der Waals surface area contributed by atoms with E-state index in [1.165, 1.54) is 12.8 Å². The molecule has 2 unspecified atom stereocenters. The number of guanidine groups is 1. The molecule has 10 heteroatoms. The van der Waals surface area contributed by atoms with Gasteiger partial charge in [-0.2, -0.15) is 10.5 Å². The number of rotatable bonds is 5. The van der Waals surface area contributed by atoms with Crippen LogP contribution in [-0.4, -0.2) is 42.1 Å². The van der Waals surface area contributed by atoms with Crippen molar-refractivity contribution < 1.29 is 4.74 Å². The van der Waals surface area contributed by atoms with Gasteiger partial charge in [-0.05, 0) is 31.4 Å². The maximum atomic E-state index is 9.52. The Kier molecular flexibility index (Phi) is 6.48. The van der Waals surface area contributed by atoms with Crippen LogP contribution in [0.5, 0.6) is 5.75 Å². The molecule has 1 fully saturated rings. The Morgan fingerprint density at radius 1 is 1.30 bits per heavy atom. The van der Waals surface area contributed by atoms with Gasteiger partial charge in [0.25, 0.3) is 0 Å². The Balaban J connectivity index is 1.66. The van der Waals surface area contributed by atoms with Crippen molar-refractivity contribution in [2.24, 2.45) is 10.9 Å². The van der Waals surface area contributed by atoms with Gasteiger partial charge in [-0.25, -0.2) is 9.98 Å². The van der Waals surface area contributed by atoms with E-state index in [4.69, 9.17) is 21.5 Å². The van der Waals surface area contributed by atoms with Crippen LogP contribution in [0.1, 0.15) is 42.5 Å². The molecule has 170 valence electrons. The number of hydrogen-bond acceptors (Lipinski definition) is 10. The Morgan fingerprint density at radius 2 is 2.12 bits per heavy atom. The molecule has 4 rings (SSSR count). The topological polar surface area (TPSA) is 161 Å². The fourth-order valence-corrected chi connectivity index (χ4v) is 4.42. The predicted molar refractivity (Wildman–Crippen MR) is 126 cm³/mol. The number of aromatic nitrogens is 1. The smallest absolute Gasteiger partial charge is 0.211 e. The van der Waals surface area contributed by atoms with Crippen molar-refractivity contribution in [3.05, 3.63) is 41.0 Å². The van der Waals surface area contributed by atoms with E-state index in [1.54, 1.807) is 0 Å². The van der Waals surface area contributed by atoms with Crippen molar-refractivity contribution in [2.45, 2.75) is 25.8 Å². The van der Waals surface area contributed by atoms with Crippen molar-refractivity contribution in [3.8, 4) is 18.0 Å². The first kappa shape index (κ1) is 22.2. The third-order valence-corrected chi connectivity index (χ3v) is 5.98. The maximum absolute atomic E-state index is 9.52. The van der Waals surface area contributed by atoms with Gasteiger partial charge in [-0.15, -0.1) is 0 Å². The molecule has 3 heterocycles. The van der Waals surface area contributed by atoms with Gasteiger partial charge in [0, 0.05) is 24.2 Å². The fraction of sp³-hybridized carbons (Fsp3) is 0.391. The SMILES string of the molecule is CC1CCCN(CCOc2ccccc2C2N=C(NC#N)Nc3nc(N)c(C#N)c(N)c32)C1. The normalized spacial score (nSPS) is 19.9. The number of ether oxygens (including phenoxy) is 1. The summed E-state index contributed by atoms with van der Waals surface area (Å²) in [7, 11) is 0. The monoisotopic (exact) mass is 445 g/mol. The van der Waals surface area contributed by atoms with Gasteiger partial charge in [0.15, 0.2) is 6.19 Å². The van der Waals surface area contributed by atoms with Crippen LogP contribution < -0.4 is 26.8 Å². The highest BCUT2D eigenvalue weighted by Crippen LogP contribution is 2.43. The lowest BCUT2D eigenvalue weighted by Crippen LogP contribution is -2.37. The number of fused-ring (bicyclic) bond motifs is 1. The average Bonchev–Trinajstić information content (AvgIpc) is 2.79.